The molecule has 5 rings (SSSR count). The molecule has 4 atom stereocenters. The molecule has 1 aromatic carbocycles. The van der Waals surface area contributed by atoms with E-state index in [9.17, 15) is 38.7 Å². The number of hydrogen-bond acceptors (Lipinski definition) is 10. The number of carboxylic acids is 1. The third kappa shape index (κ3) is 4.29. The number of fused-ring (bicyclic) bond motifs is 2. The zero-order valence-electron chi connectivity index (χ0n) is 23.3. The van der Waals surface area contributed by atoms with Crippen molar-refractivity contribution in [1.29, 1.82) is 0 Å². The van der Waals surface area contributed by atoms with Gasteiger partial charge in [-0.15, -0.1) is 11.8 Å². The molecular formula is C26H29N7O9S. The number of carboxylic acid groups (broad SMARTS) is 1. The number of benzene rings is 1. The summed E-state index contributed by atoms with van der Waals surface area (Å²) in [5.74, 6) is -5.30. The topological polar surface area (TPSA) is 225 Å². The molecule has 3 aliphatic rings. The lowest BCUT2D eigenvalue weighted by Crippen LogP contribution is -2.80. The standard InChI is InChI=1S/C26H29N7O9S/c1-4-31-8-9-32(19(37)18(31)36)23(41)30-25(27,14-5-6-15-13(11-14)7-10-42-15)21(38)29-16-17(35)33-20(16)43-24(2,3)26(33,22(39)40)28-12-34/h5-7,10-12,16,20H,4,8-9,27H2,1-3H3,(H,28,34)(H,29,38)(H,30,41)(H,39,40)/t16-,20+,25?,26-/m0/s1. The summed E-state index contributed by atoms with van der Waals surface area (Å²) in [6.45, 7) is 4.97. The number of aliphatic carboxylic acids is 1. The van der Waals surface area contributed by atoms with E-state index in [0.717, 1.165) is 16.7 Å². The average Bonchev–Trinajstić information content (AvgIpc) is 3.51. The van der Waals surface area contributed by atoms with Gasteiger partial charge in [0.05, 0.1) is 11.0 Å². The highest BCUT2D eigenvalue weighted by Gasteiger charge is 2.73. The summed E-state index contributed by atoms with van der Waals surface area (Å²) in [6, 6.07) is 3.61. The molecule has 228 valence electrons. The third-order valence-electron chi connectivity index (χ3n) is 8.06. The van der Waals surface area contributed by atoms with Crippen molar-refractivity contribution in [3.8, 4) is 0 Å². The summed E-state index contributed by atoms with van der Waals surface area (Å²) in [5.41, 5.74) is 2.63. The summed E-state index contributed by atoms with van der Waals surface area (Å²) < 4.78 is 4.13. The van der Waals surface area contributed by atoms with E-state index in [1.807, 2.05) is 0 Å². The fraction of sp³-hybridized carbons (Fsp3) is 0.423. The summed E-state index contributed by atoms with van der Waals surface area (Å²) in [4.78, 5) is 92.3. The van der Waals surface area contributed by atoms with Crippen molar-refractivity contribution >= 4 is 64.8 Å². The van der Waals surface area contributed by atoms with Crippen LogP contribution in [0.25, 0.3) is 11.0 Å². The molecule has 6 N–H and O–H groups in total. The molecular weight excluding hydrogens is 586 g/mol. The van der Waals surface area contributed by atoms with Gasteiger partial charge in [0.2, 0.25) is 12.1 Å². The van der Waals surface area contributed by atoms with Crippen LogP contribution in [-0.2, 0) is 34.4 Å². The molecule has 3 aliphatic heterocycles. The fourth-order valence-electron chi connectivity index (χ4n) is 5.64. The monoisotopic (exact) mass is 615 g/mol. The van der Waals surface area contributed by atoms with Crippen LogP contribution in [0.5, 0.6) is 0 Å². The maximum Gasteiger partial charge on any atom is 0.352 e. The number of imide groups is 1. The molecule has 3 saturated heterocycles. The van der Waals surface area contributed by atoms with E-state index in [2.05, 4.69) is 16.0 Å². The van der Waals surface area contributed by atoms with Crippen LogP contribution in [0.15, 0.2) is 34.9 Å². The molecule has 7 amide bonds. The lowest BCUT2D eigenvalue weighted by atomic mass is 9.88. The maximum atomic E-state index is 13.9. The minimum Gasteiger partial charge on any atom is -0.478 e. The molecule has 1 aromatic heterocycles. The van der Waals surface area contributed by atoms with Crippen molar-refractivity contribution in [3.63, 3.8) is 0 Å². The van der Waals surface area contributed by atoms with E-state index in [1.165, 1.54) is 43.2 Å². The predicted octanol–water partition coefficient (Wildman–Crippen LogP) is -1.35. The Hall–Kier alpha value is -4.64. The summed E-state index contributed by atoms with van der Waals surface area (Å²) in [7, 11) is 0. The Morgan fingerprint density at radius 2 is 1.91 bits per heavy atom. The number of urea groups is 1. The second kappa shape index (κ2) is 10.3. The van der Waals surface area contributed by atoms with Gasteiger partial charge >= 0.3 is 23.8 Å². The second-order valence-electron chi connectivity index (χ2n) is 10.7. The molecule has 2 aromatic rings. The molecule has 0 bridgehead atoms. The van der Waals surface area contributed by atoms with Crippen LogP contribution >= 0.6 is 11.8 Å². The lowest BCUT2D eigenvalue weighted by Gasteiger charge is -2.49. The minimum absolute atomic E-state index is 0.0590. The van der Waals surface area contributed by atoms with Crippen molar-refractivity contribution in [1.82, 2.24) is 30.7 Å². The highest BCUT2D eigenvalue weighted by Crippen LogP contribution is 2.55. The molecule has 17 heteroatoms. The van der Waals surface area contributed by atoms with E-state index >= 15 is 0 Å². The third-order valence-corrected chi connectivity index (χ3v) is 9.67. The minimum atomic E-state index is -2.38. The highest BCUT2D eigenvalue weighted by atomic mass is 32.2. The Labute approximate surface area is 248 Å². The Morgan fingerprint density at radius 1 is 1.19 bits per heavy atom. The largest absolute Gasteiger partial charge is 0.478 e. The van der Waals surface area contributed by atoms with E-state index in [4.69, 9.17) is 10.2 Å². The van der Waals surface area contributed by atoms with Crippen LogP contribution < -0.4 is 21.7 Å². The zero-order valence-corrected chi connectivity index (χ0v) is 24.1. The Morgan fingerprint density at radius 3 is 2.56 bits per heavy atom. The van der Waals surface area contributed by atoms with Crippen LogP contribution in [0.1, 0.15) is 26.3 Å². The number of nitrogens with zero attached hydrogens (tertiary/aromatic N) is 3. The number of furan rings is 1. The Balaban J connectivity index is 1.45. The van der Waals surface area contributed by atoms with Gasteiger partial charge in [-0.05, 0) is 39.0 Å². The second-order valence-corrected chi connectivity index (χ2v) is 12.4. The van der Waals surface area contributed by atoms with E-state index in [-0.39, 0.29) is 31.6 Å². The normalized spacial score (nSPS) is 26.0. The number of β-lactam (4-membered cyclic amide) rings is 1. The van der Waals surface area contributed by atoms with Crippen LogP contribution in [0, 0.1) is 0 Å². The first-order chi connectivity index (χ1) is 20.2. The van der Waals surface area contributed by atoms with Gasteiger partial charge in [0.25, 0.3) is 11.8 Å². The highest BCUT2D eigenvalue weighted by molar-refractivity contribution is 8.01. The molecule has 16 nitrogen and oxygen atoms in total. The molecule has 3 fully saturated rings. The number of hydrogen-bond donors (Lipinski definition) is 5. The number of carbonyl (C=O) groups is 7. The Bertz CT molecular complexity index is 1580. The zero-order chi connectivity index (χ0) is 31.5. The van der Waals surface area contributed by atoms with Gasteiger partial charge in [0.15, 0.2) is 5.66 Å². The van der Waals surface area contributed by atoms with E-state index in [1.54, 1.807) is 13.0 Å². The lowest BCUT2D eigenvalue weighted by molar-refractivity contribution is -0.175. The van der Waals surface area contributed by atoms with Crippen LogP contribution in [0.2, 0.25) is 0 Å². The van der Waals surface area contributed by atoms with Crippen molar-refractivity contribution in [3.05, 3.63) is 36.1 Å². The maximum absolute atomic E-state index is 13.9. The molecule has 0 aliphatic carbocycles. The van der Waals surface area contributed by atoms with Gasteiger partial charge in [0, 0.05) is 30.6 Å². The smallest absolute Gasteiger partial charge is 0.352 e. The van der Waals surface area contributed by atoms with Crippen LogP contribution in [0.4, 0.5) is 4.79 Å². The molecule has 43 heavy (non-hydrogen) atoms. The van der Waals surface area contributed by atoms with E-state index < -0.39 is 63.1 Å². The van der Waals surface area contributed by atoms with Gasteiger partial charge in [-0.25, -0.2) is 9.59 Å². The van der Waals surface area contributed by atoms with Crippen LogP contribution in [0.3, 0.4) is 0 Å². The number of nitrogens with one attached hydrogen (secondary N) is 3. The van der Waals surface area contributed by atoms with Crippen molar-refractivity contribution < 1.29 is 43.1 Å². The average molecular weight is 616 g/mol. The van der Waals surface area contributed by atoms with Gasteiger partial charge in [-0.3, -0.25) is 39.5 Å². The number of thioether (sulfide) groups is 1. The summed E-state index contributed by atoms with van der Waals surface area (Å²) >= 11 is 1.05. The van der Waals surface area contributed by atoms with Gasteiger partial charge in [0.1, 0.15) is 17.0 Å². The molecule has 0 radical (unpaired) electrons. The number of amides is 7. The van der Waals surface area contributed by atoms with Crippen molar-refractivity contribution in [2.24, 2.45) is 5.73 Å². The van der Waals surface area contributed by atoms with Gasteiger partial charge < -0.3 is 30.4 Å². The van der Waals surface area contributed by atoms with Crippen molar-refractivity contribution in [2.45, 2.75) is 48.3 Å². The quantitative estimate of drug-likeness (QED) is 0.101. The number of likely N-dealkylation sites (N-methyl/N-ethyl adjacent to an activating group) is 1. The number of piperazine rings is 1. The van der Waals surface area contributed by atoms with Crippen molar-refractivity contribution in [2.75, 3.05) is 19.6 Å². The molecule has 4 heterocycles. The molecule has 0 saturated carbocycles. The number of nitrogens with two attached hydrogens (primary N) is 1. The first-order valence-electron chi connectivity index (χ1n) is 13.2. The predicted molar refractivity (Wildman–Crippen MR) is 148 cm³/mol. The summed E-state index contributed by atoms with van der Waals surface area (Å²) in [6.07, 6.45) is 1.60. The van der Waals surface area contributed by atoms with Gasteiger partial charge in [-0.1, -0.05) is 6.07 Å². The fourth-order valence-corrected chi connectivity index (χ4v) is 7.34. The Kier molecular flexibility index (Phi) is 7.12. The SMILES string of the molecule is CCN1CCN(C(=O)NC(N)(C(=O)N[C@H]2C(=O)N3[C@@H]2SC(C)(C)[C@]3(NC=O)C(=O)O)c2ccc3occc3c2)C(=O)C1=O. The number of carbonyl (C=O) groups excluding carboxylic acids is 6. The first kappa shape index (κ1) is 29.8. The molecule has 1 unspecified atom stereocenters. The van der Waals surface area contributed by atoms with E-state index in [0.29, 0.717) is 15.9 Å². The van der Waals surface area contributed by atoms with Gasteiger partial charge in [-0.2, -0.15) is 0 Å². The summed E-state index contributed by atoms with van der Waals surface area (Å²) in [5, 5.41) is 16.8. The molecule has 0 spiro atoms. The van der Waals surface area contributed by atoms with Crippen LogP contribution in [-0.4, -0.2) is 103 Å². The number of rotatable bonds is 8. The first-order valence-corrected chi connectivity index (χ1v) is 14.1.